The predicted octanol–water partition coefficient (Wildman–Crippen LogP) is 2.71. The first kappa shape index (κ1) is 15.3. The van der Waals surface area contributed by atoms with Gasteiger partial charge in [0.2, 0.25) is 0 Å². The maximum absolute atomic E-state index is 12.4. The summed E-state index contributed by atoms with van der Waals surface area (Å²) in [6.45, 7) is 3.98. The van der Waals surface area contributed by atoms with Crippen molar-refractivity contribution in [2.24, 2.45) is 0 Å². The minimum absolute atomic E-state index is 0.0475. The zero-order chi connectivity index (χ0) is 16.6. The molecule has 5 nitrogen and oxygen atoms in total. The summed E-state index contributed by atoms with van der Waals surface area (Å²) in [5.41, 5.74) is 3.06. The first-order chi connectivity index (χ1) is 11.0. The Hall–Kier alpha value is -2.56. The summed E-state index contributed by atoms with van der Waals surface area (Å²) < 4.78 is 10.2. The van der Waals surface area contributed by atoms with Crippen LogP contribution in [0.1, 0.15) is 30.4 Å². The fourth-order valence-electron chi connectivity index (χ4n) is 3.20. The van der Waals surface area contributed by atoms with Crippen LogP contribution in [0.4, 0.5) is 0 Å². The van der Waals surface area contributed by atoms with E-state index in [1.54, 1.807) is 6.92 Å². The van der Waals surface area contributed by atoms with Crippen molar-refractivity contribution in [3.63, 3.8) is 0 Å². The lowest BCUT2D eigenvalue weighted by Gasteiger charge is -2.26. The number of esters is 2. The number of hydrogen-bond donors (Lipinski definition) is 1. The van der Waals surface area contributed by atoms with Gasteiger partial charge < -0.3 is 14.6 Å². The number of ether oxygens (including phenoxy) is 2. The summed E-state index contributed by atoms with van der Waals surface area (Å²) in [5, 5.41) is 10.4. The van der Waals surface area contributed by atoms with E-state index >= 15 is 0 Å². The van der Waals surface area contributed by atoms with Crippen molar-refractivity contribution in [1.29, 1.82) is 0 Å². The number of hydrogen-bond acceptors (Lipinski definition) is 5. The molecule has 1 aromatic carbocycles. The minimum atomic E-state index is -0.644. The van der Waals surface area contributed by atoms with E-state index in [1.165, 1.54) is 0 Å². The van der Waals surface area contributed by atoms with Gasteiger partial charge in [-0.25, -0.2) is 9.59 Å². The topological polar surface area (TPSA) is 72.8 Å². The first-order valence-electron chi connectivity index (χ1n) is 7.58. The summed E-state index contributed by atoms with van der Waals surface area (Å²) in [4.78, 5) is 24.6. The second kappa shape index (κ2) is 5.91. The van der Waals surface area contributed by atoms with E-state index in [0.29, 0.717) is 5.57 Å². The number of cyclic esters (lactones) is 1. The van der Waals surface area contributed by atoms with Crippen molar-refractivity contribution < 1.29 is 24.2 Å². The Morgan fingerprint density at radius 1 is 1.39 bits per heavy atom. The van der Waals surface area contributed by atoms with Gasteiger partial charge in [0, 0.05) is 6.42 Å². The van der Waals surface area contributed by atoms with Crippen LogP contribution in [0.5, 0.6) is 0 Å². The van der Waals surface area contributed by atoms with Crippen LogP contribution >= 0.6 is 0 Å². The molecule has 23 heavy (non-hydrogen) atoms. The highest BCUT2D eigenvalue weighted by atomic mass is 16.5. The molecule has 0 saturated carbocycles. The van der Waals surface area contributed by atoms with Crippen molar-refractivity contribution in [3.05, 3.63) is 57.9 Å². The molecule has 0 saturated heterocycles. The van der Waals surface area contributed by atoms with E-state index in [1.807, 2.05) is 31.2 Å². The molecule has 1 heterocycles. The van der Waals surface area contributed by atoms with Gasteiger partial charge in [0.05, 0.1) is 23.7 Å². The third kappa shape index (κ3) is 2.52. The molecule has 1 atom stereocenters. The molecule has 120 valence electrons. The van der Waals surface area contributed by atoms with E-state index in [9.17, 15) is 14.7 Å². The minimum Gasteiger partial charge on any atom is -0.511 e. The Kier molecular flexibility index (Phi) is 3.94. The van der Waals surface area contributed by atoms with Gasteiger partial charge in [-0.3, -0.25) is 0 Å². The second-order valence-electron chi connectivity index (χ2n) is 5.64. The van der Waals surface area contributed by atoms with Crippen molar-refractivity contribution in [3.8, 4) is 0 Å². The van der Waals surface area contributed by atoms with Gasteiger partial charge in [-0.15, -0.1) is 0 Å². The molecule has 0 fully saturated rings. The fourth-order valence-corrected chi connectivity index (χ4v) is 3.20. The summed E-state index contributed by atoms with van der Waals surface area (Å²) in [5.74, 6) is -1.71. The molecule has 1 N–H and O–H groups in total. The maximum atomic E-state index is 12.4. The van der Waals surface area contributed by atoms with Crippen LogP contribution in [-0.2, 0) is 19.1 Å². The van der Waals surface area contributed by atoms with Gasteiger partial charge in [-0.2, -0.15) is 0 Å². The van der Waals surface area contributed by atoms with E-state index < -0.39 is 17.9 Å². The smallest absolute Gasteiger partial charge is 0.338 e. The van der Waals surface area contributed by atoms with Crippen molar-refractivity contribution >= 4 is 11.9 Å². The van der Waals surface area contributed by atoms with Gasteiger partial charge in [0.15, 0.2) is 0 Å². The Morgan fingerprint density at radius 2 is 2.13 bits per heavy atom. The van der Waals surface area contributed by atoms with Crippen LogP contribution in [0.2, 0.25) is 0 Å². The number of allylic oxidation sites excluding steroid dienone is 1. The summed E-state index contributed by atoms with van der Waals surface area (Å²) in [6.07, 6.45) is 0.150. The van der Waals surface area contributed by atoms with Gasteiger partial charge in [0.25, 0.3) is 0 Å². The molecule has 0 spiro atoms. The van der Waals surface area contributed by atoms with Crippen LogP contribution in [0.25, 0.3) is 0 Å². The average molecular weight is 314 g/mol. The van der Waals surface area contributed by atoms with Crippen LogP contribution in [-0.4, -0.2) is 30.3 Å². The summed E-state index contributed by atoms with van der Waals surface area (Å²) >= 11 is 0. The predicted molar refractivity (Wildman–Crippen MR) is 82.8 cm³/mol. The normalized spacial score (nSPS) is 20.4. The summed E-state index contributed by atoms with van der Waals surface area (Å²) in [6, 6.07) is 7.49. The number of rotatable bonds is 3. The van der Waals surface area contributed by atoms with Crippen molar-refractivity contribution in [2.45, 2.75) is 26.2 Å². The SMILES string of the molecule is CCOC(=O)C1=C(O)CC2=C(C(=O)OC2)C1c1ccccc1C. The Bertz CT molecular complexity index is 742. The monoisotopic (exact) mass is 314 g/mol. The van der Waals surface area contributed by atoms with Crippen LogP contribution in [0.15, 0.2) is 46.7 Å². The Labute approximate surface area is 134 Å². The van der Waals surface area contributed by atoms with Crippen LogP contribution < -0.4 is 0 Å². The molecule has 3 rings (SSSR count). The number of benzene rings is 1. The number of aliphatic hydroxyl groups excluding tert-OH is 1. The van der Waals surface area contributed by atoms with Crippen LogP contribution in [0, 0.1) is 6.92 Å². The lowest BCUT2D eigenvalue weighted by atomic mass is 9.76. The fraction of sp³-hybridized carbons (Fsp3) is 0.333. The lowest BCUT2D eigenvalue weighted by molar-refractivity contribution is -0.139. The molecule has 0 aromatic heterocycles. The van der Waals surface area contributed by atoms with E-state index in [0.717, 1.165) is 16.7 Å². The van der Waals surface area contributed by atoms with Crippen molar-refractivity contribution in [1.82, 2.24) is 0 Å². The second-order valence-corrected chi connectivity index (χ2v) is 5.64. The quantitative estimate of drug-likeness (QED) is 0.868. The zero-order valence-electron chi connectivity index (χ0n) is 13.1. The Morgan fingerprint density at radius 3 is 2.83 bits per heavy atom. The third-order valence-electron chi connectivity index (χ3n) is 4.24. The van der Waals surface area contributed by atoms with Gasteiger partial charge in [-0.05, 0) is 30.5 Å². The lowest BCUT2D eigenvalue weighted by Crippen LogP contribution is -2.25. The molecule has 0 bridgehead atoms. The highest BCUT2D eigenvalue weighted by Crippen LogP contribution is 2.45. The van der Waals surface area contributed by atoms with E-state index in [2.05, 4.69) is 0 Å². The van der Waals surface area contributed by atoms with E-state index in [-0.39, 0.29) is 31.0 Å². The van der Waals surface area contributed by atoms with Gasteiger partial charge >= 0.3 is 11.9 Å². The van der Waals surface area contributed by atoms with Crippen molar-refractivity contribution in [2.75, 3.05) is 13.2 Å². The van der Waals surface area contributed by atoms with Crippen LogP contribution in [0.3, 0.4) is 0 Å². The van der Waals surface area contributed by atoms with Gasteiger partial charge in [-0.1, -0.05) is 24.3 Å². The molecule has 5 heteroatoms. The first-order valence-corrected chi connectivity index (χ1v) is 7.58. The molecule has 0 radical (unpaired) electrons. The maximum Gasteiger partial charge on any atom is 0.338 e. The highest BCUT2D eigenvalue weighted by molar-refractivity contribution is 6.01. The average Bonchev–Trinajstić information content (AvgIpc) is 2.87. The Balaban J connectivity index is 2.18. The molecule has 1 aliphatic heterocycles. The molecule has 1 aliphatic carbocycles. The molecular formula is C18H18O5. The molecule has 1 unspecified atom stereocenters. The summed E-state index contributed by atoms with van der Waals surface area (Å²) in [7, 11) is 0. The number of aliphatic hydroxyl groups is 1. The van der Waals surface area contributed by atoms with E-state index in [4.69, 9.17) is 9.47 Å². The molecule has 0 amide bonds. The zero-order valence-corrected chi connectivity index (χ0v) is 13.1. The molecule has 1 aromatic rings. The number of carbonyl (C=O) groups is 2. The van der Waals surface area contributed by atoms with Gasteiger partial charge in [0.1, 0.15) is 12.4 Å². The highest BCUT2D eigenvalue weighted by Gasteiger charge is 2.43. The molecular weight excluding hydrogens is 296 g/mol. The third-order valence-corrected chi connectivity index (χ3v) is 4.24. The standard InChI is InChI=1S/C18H18O5/c1-3-22-18(21)16-13(19)8-11-9-23-17(20)14(11)15(16)12-7-5-4-6-10(12)2/h4-7,15,19H,3,8-9H2,1-2H3. The number of aryl methyl sites for hydroxylation is 1. The number of carbonyl (C=O) groups excluding carboxylic acids is 2. The molecule has 2 aliphatic rings. The largest absolute Gasteiger partial charge is 0.511 e.